The molecule has 0 N–H and O–H groups in total. The Labute approximate surface area is 147 Å². The van der Waals surface area contributed by atoms with E-state index in [2.05, 4.69) is 35.9 Å². The first-order valence-corrected chi connectivity index (χ1v) is 9.23. The van der Waals surface area contributed by atoms with Gasteiger partial charge in [-0.3, -0.25) is 4.99 Å². The molecule has 1 aliphatic heterocycles. The number of aliphatic imine (C=N–C) groups is 1. The molecule has 0 aromatic heterocycles. The Hall–Kier alpha value is -1.13. The SMILES string of the molecule is CN=C(OCC1(C)CCN(CCOC)C1)/C1=C(\C)CCC=CCC1. The van der Waals surface area contributed by atoms with Crippen LogP contribution in [0.1, 0.15) is 46.0 Å². The molecular weight excluding hydrogens is 300 g/mol. The van der Waals surface area contributed by atoms with Crippen LogP contribution < -0.4 is 0 Å². The zero-order valence-electron chi connectivity index (χ0n) is 15.9. The smallest absolute Gasteiger partial charge is 0.211 e. The van der Waals surface area contributed by atoms with Crippen molar-refractivity contribution in [3.8, 4) is 0 Å². The molecule has 0 saturated carbocycles. The van der Waals surface area contributed by atoms with Gasteiger partial charge in [-0.25, -0.2) is 0 Å². The lowest BCUT2D eigenvalue weighted by atomic mass is 9.91. The Balaban J connectivity index is 1.92. The zero-order valence-corrected chi connectivity index (χ0v) is 15.9. The number of hydrogen-bond donors (Lipinski definition) is 0. The van der Waals surface area contributed by atoms with Gasteiger partial charge in [0, 0.05) is 38.2 Å². The topological polar surface area (TPSA) is 34.1 Å². The van der Waals surface area contributed by atoms with Crippen molar-refractivity contribution in [2.75, 3.05) is 47.0 Å². The Kier molecular flexibility index (Phi) is 7.50. The highest BCUT2D eigenvalue weighted by Gasteiger charge is 2.34. The molecule has 1 saturated heterocycles. The largest absolute Gasteiger partial charge is 0.477 e. The van der Waals surface area contributed by atoms with Crippen LogP contribution in [0.3, 0.4) is 0 Å². The number of rotatable bonds is 6. The first-order chi connectivity index (χ1) is 11.6. The van der Waals surface area contributed by atoms with Gasteiger partial charge in [-0.2, -0.15) is 0 Å². The molecule has 1 unspecified atom stereocenters. The molecule has 2 rings (SSSR count). The molecule has 0 amide bonds. The summed E-state index contributed by atoms with van der Waals surface area (Å²) in [6, 6.07) is 0. The first-order valence-electron chi connectivity index (χ1n) is 9.23. The number of likely N-dealkylation sites (tertiary alicyclic amines) is 1. The van der Waals surface area contributed by atoms with E-state index < -0.39 is 0 Å². The molecule has 1 aliphatic carbocycles. The van der Waals surface area contributed by atoms with Gasteiger partial charge in [0.2, 0.25) is 5.90 Å². The van der Waals surface area contributed by atoms with Crippen molar-refractivity contribution < 1.29 is 9.47 Å². The number of nitrogens with zero attached hydrogens (tertiary/aromatic N) is 2. The summed E-state index contributed by atoms with van der Waals surface area (Å²) < 4.78 is 11.4. The van der Waals surface area contributed by atoms with Gasteiger partial charge in [-0.15, -0.1) is 0 Å². The summed E-state index contributed by atoms with van der Waals surface area (Å²) in [6.45, 7) is 9.33. The summed E-state index contributed by atoms with van der Waals surface area (Å²) in [5, 5.41) is 0. The van der Waals surface area contributed by atoms with Crippen LogP contribution in [0.5, 0.6) is 0 Å². The van der Waals surface area contributed by atoms with Gasteiger partial charge in [0.15, 0.2) is 0 Å². The predicted octanol–water partition coefficient (Wildman–Crippen LogP) is 3.84. The minimum Gasteiger partial charge on any atom is -0.477 e. The third-order valence-corrected chi connectivity index (χ3v) is 5.20. The second-order valence-electron chi connectivity index (χ2n) is 7.45. The maximum atomic E-state index is 6.25. The molecule has 0 bridgehead atoms. The van der Waals surface area contributed by atoms with Crippen LogP contribution in [0, 0.1) is 5.41 Å². The number of methoxy groups -OCH3 is 1. The van der Waals surface area contributed by atoms with E-state index >= 15 is 0 Å². The van der Waals surface area contributed by atoms with Crippen LogP contribution in [0.4, 0.5) is 0 Å². The highest BCUT2D eigenvalue weighted by atomic mass is 16.5. The van der Waals surface area contributed by atoms with Crippen LogP contribution in [0.25, 0.3) is 0 Å². The second-order valence-corrected chi connectivity index (χ2v) is 7.45. The van der Waals surface area contributed by atoms with E-state index in [-0.39, 0.29) is 5.41 Å². The third kappa shape index (κ3) is 5.45. The van der Waals surface area contributed by atoms with Gasteiger partial charge in [0.1, 0.15) is 0 Å². The fourth-order valence-electron chi connectivity index (χ4n) is 3.60. The molecule has 0 spiro atoms. The Morgan fingerprint density at radius 1 is 1.29 bits per heavy atom. The summed E-state index contributed by atoms with van der Waals surface area (Å²) >= 11 is 0. The lowest BCUT2D eigenvalue weighted by molar-refractivity contribution is 0.132. The summed E-state index contributed by atoms with van der Waals surface area (Å²) in [4.78, 5) is 6.95. The predicted molar refractivity (Wildman–Crippen MR) is 101 cm³/mol. The Bertz CT molecular complexity index is 496. The molecular formula is C20H34N2O2. The van der Waals surface area contributed by atoms with Crippen molar-refractivity contribution in [3.63, 3.8) is 0 Å². The van der Waals surface area contributed by atoms with Crippen LogP contribution in [-0.2, 0) is 9.47 Å². The van der Waals surface area contributed by atoms with Crippen molar-refractivity contribution in [1.82, 2.24) is 4.90 Å². The molecule has 1 heterocycles. The van der Waals surface area contributed by atoms with Gasteiger partial charge in [-0.1, -0.05) is 24.6 Å². The molecule has 2 aliphatic rings. The minimum absolute atomic E-state index is 0.208. The molecule has 0 aromatic carbocycles. The zero-order chi connectivity index (χ0) is 17.4. The van der Waals surface area contributed by atoms with Crippen molar-refractivity contribution >= 4 is 5.90 Å². The molecule has 0 aromatic rings. The molecule has 4 nitrogen and oxygen atoms in total. The lowest BCUT2D eigenvalue weighted by Gasteiger charge is -2.26. The standard InChI is InChI=1S/C20H34N2O2/c1-17-9-7-5-6-8-10-18(17)19(21-3)24-16-20(2)11-12-22(15-20)13-14-23-4/h5-6H,7-16H2,1-4H3/b6-5?,18-17+,21-19?. The number of hydrogen-bond acceptors (Lipinski definition) is 4. The van der Waals surface area contributed by atoms with Crippen molar-refractivity contribution in [2.45, 2.75) is 46.0 Å². The molecule has 1 fully saturated rings. The average molecular weight is 335 g/mol. The van der Waals surface area contributed by atoms with E-state index in [1.54, 1.807) is 7.11 Å². The van der Waals surface area contributed by atoms with Crippen molar-refractivity contribution in [1.29, 1.82) is 0 Å². The average Bonchev–Trinajstić information content (AvgIpc) is 2.93. The molecule has 4 heteroatoms. The van der Waals surface area contributed by atoms with E-state index in [1.165, 1.54) is 17.6 Å². The second kappa shape index (κ2) is 9.38. The maximum Gasteiger partial charge on any atom is 0.211 e. The van der Waals surface area contributed by atoms with E-state index in [9.17, 15) is 0 Å². The number of allylic oxidation sites excluding steroid dienone is 3. The summed E-state index contributed by atoms with van der Waals surface area (Å²) in [7, 11) is 3.62. The van der Waals surface area contributed by atoms with Gasteiger partial charge >= 0.3 is 0 Å². The lowest BCUT2D eigenvalue weighted by Crippen LogP contribution is -2.31. The maximum absolute atomic E-state index is 6.25. The van der Waals surface area contributed by atoms with Crippen molar-refractivity contribution in [3.05, 3.63) is 23.3 Å². The van der Waals surface area contributed by atoms with E-state index in [1.807, 2.05) is 7.05 Å². The number of ether oxygens (including phenoxy) is 2. The van der Waals surface area contributed by atoms with E-state index in [0.29, 0.717) is 0 Å². The van der Waals surface area contributed by atoms with Gasteiger partial charge in [-0.05, 0) is 45.6 Å². The summed E-state index contributed by atoms with van der Waals surface area (Å²) in [5.74, 6) is 0.861. The quantitative estimate of drug-likeness (QED) is 0.420. The fourth-order valence-corrected chi connectivity index (χ4v) is 3.60. The third-order valence-electron chi connectivity index (χ3n) is 5.20. The summed E-state index contributed by atoms with van der Waals surface area (Å²) in [6.07, 6.45) is 10.1. The van der Waals surface area contributed by atoms with Gasteiger partial charge in [0.25, 0.3) is 0 Å². The van der Waals surface area contributed by atoms with Crippen LogP contribution in [0.2, 0.25) is 0 Å². The monoisotopic (exact) mass is 334 g/mol. The minimum atomic E-state index is 0.208. The van der Waals surface area contributed by atoms with Crippen LogP contribution in [0.15, 0.2) is 28.3 Å². The van der Waals surface area contributed by atoms with Gasteiger partial charge in [0.05, 0.1) is 13.2 Å². The normalized spacial score (nSPS) is 29.6. The fraction of sp³-hybridized carbons (Fsp3) is 0.750. The first kappa shape index (κ1) is 19.2. The molecule has 24 heavy (non-hydrogen) atoms. The van der Waals surface area contributed by atoms with Gasteiger partial charge < -0.3 is 14.4 Å². The highest BCUT2D eigenvalue weighted by molar-refractivity contribution is 5.94. The molecule has 0 radical (unpaired) electrons. The molecule has 1 atom stereocenters. The Morgan fingerprint density at radius 3 is 2.75 bits per heavy atom. The van der Waals surface area contributed by atoms with Crippen LogP contribution in [-0.4, -0.2) is 57.8 Å². The van der Waals surface area contributed by atoms with Crippen LogP contribution >= 0.6 is 0 Å². The molecule has 136 valence electrons. The highest BCUT2D eigenvalue weighted by Crippen LogP contribution is 2.31. The van der Waals surface area contributed by atoms with E-state index in [4.69, 9.17) is 9.47 Å². The Morgan fingerprint density at radius 2 is 2.04 bits per heavy atom. The van der Waals surface area contributed by atoms with E-state index in [0.717, 1.165) is 64.4 Å². The summed E-state index contributed by atoms with van der Waals surface area (Å²) in [5.41, 5.74) is 2.96. The van der Waals surface area contributed by atoms with Crippen molar-refractivity contribution in [2.24, 2.45) is 10.4 Å².